The van der Waals surface area contributed by atoms with Crippen LogP contribution in [0.3, 0.4) is 0 Å². The molecule has 0 aromatic heterocycles. The molecule has 0 fully saturated rings. The number of nitrogens with two attached hydrogens (primary N) is 1. The predicted octanol–water partition coefficient (Wildman–Crippen LogP) is 0.762. The maximum Gasteiger partial charge on any atom is 0.338 e. The van der Waals surface area contributed by atoms with Crippen molar-refractivity contribution in [2.24, 2.45) is 5.14 Å². The van der Waals surface area contributed by atoms with E-state index in [1.807, 2.05) is 0 Å². The number of nitrogens with one attached hydrogen (secondary N) is 1. The van der Waals surface area contributed by atoms with Crippen LogP contribution in [0.25, 0.3) is 0 Å². The van der Waals surface area contributed by atoms with Crippen molar-refractivity contribution in [1.29, 1.82) is 0 Å². The standard InChI is InChI=1S/C21H21N3O8S/c1-31-9-3-8-24-19(26)16-7-6-13(10-17(16)20(24)27)21(28)32-12-18(25)23-14-4-2-5-15(11-14)33(22,29)30/h2,4-7,10-11H,3,8-9,12H2,1H3,(H,23,25)(H2,22,29,30). The van der Waals surface area contributed by atoms with Gasteiger partial charge < -0.3 is 14.8 Å². The van der Waals surface area contributed by atoms with Crippen LogP contribution >= 0.6 is 0 Å². The second-order valence-electron chi connectivity index (χ2n) is 7.07. The van der Waals surface area contributed by atoms with Gasteiger partial charge in [-0.05, 0) is 42.8 Å². The number of carbonyl (C=O) groups excluding carboxylic acids is 4. The molecule has 3 amide bonds. The highest BCUT2D eigenvalue weighted by atomic mass is 32.2. The fraction of sp³-hybridized carbons (Fsp3) is 0.238. The number of nitrogens with zero attached hydrogens (tertiary/aromatic N) is 1. The van der Waals surface area contributed by atoms with Gasteiger partial charge in [0.15, 0.2) is 6.61 Å². The number of anilines is 1. The third kappa shape index (κ3) is 5.61. The molecule has 1 aliphatic rings. The van der Waals surface area contributed by atoms with Crippen LogP contribution in [0.5, 0.6) is 0 Å². The monoisotopic (exact) mass is 475 g/mol. The Kier molecular flexibility index (Phi) is 7.21. The maximum atomic E-state index is 12.5. The van der Waals surface area contributed by atoms with Gasteiger partial charge in [0.1, 0.15) is 0 Å². The van der Waals surface area contributed by atoms with Crippen molar-refractivity contribution >= 4 is 39.4 Å². The number of rotatable bonds is 9. The topological polar surface area (TPSA) is 162 Å². The molecule has 1 heterocycles. The SMILES string of the molecule is COCCCN1C(=O)c2ccc(C(=O)OCC(=O)Nc3cccc(S(N)(=O)=O)c3)cc2C1=O. The Morgan fingerprint density at radius 3 is 2.48 bits per heavy atom. The molecule has 12 heteroatoms. The Balaban J connectivity index is 1.62. The summed E-state index contributed by atoms with van der Waals surface area (Å²) in [5, 5.41) is 7.45. The van der Waals surface area contributed by atoms with Crippen LogP contribution in [0.15, 0.2) is 47.4 Å². The fourth-order valence-corrected chi connectivity index (χ4v) is 3.71. The lowest BCUT2D eigenvalue weighted by molar-refractivity contribution is -0.119. The van der Waals surface area contributed by atoms with E-state index in [-0.39, 0.29) is 33.8 Å². The molecule has 174 valence electrons. The van der Waals surface area contributed by atoms with Crippen molar-refractivity contribution in [1.82, 2.24) is 4.90 Å². The Hall–Kier alpha value is -3.61. The maximum absolute atomic E-state index is 12.5. The average molecular weight is 475 g/mol. The number of primary sulfonamides is 1. The first kappa shape index (κ1) is 24.0. The molecule has 0 radical (unpaired) electrons. The molecule has 0 bridgehead atoms. The zero-order valence-corrected chi connectivity index (χ0v) is 18.4. The van der Waals surface area contributed by atoms with Gasteiger partial charge in [0.05, 0.1) is 21.6 Å². The number of fused-ring (bicyclic) bond motifs is 1. The number of imide groups is 1. The molecule has 3 rings (SSSR count). The third-order valence-corrected chi connectivity index (χ3v) is 5.63. The molecule has 1 aliphatic heterocycles. The number of ether oxygens (including phenoxy) is 2. The molecule has 3 N–H and O–H groups in total. The molecule has 0 unspecified atom stereocenters. The summed E-state index contributed by atoms with van der Waals surface area (Å²) in [7, 11) is -2.43. The van der Waals surface area contributed by atoms with Crippen molar-refractivity contribution in [3.05, 3.63) is 59.2 Å². The van der Waals surface area contributed by atoms with Crippen molar-refractivity contribution in [2.45, 2.75) is 11.3 Å². The lowest BCUT2D eigenvalue weighted by Gasteiger charge is -2.12. The van der Waals surface area contributed by atoms with E-state index in [4.69, 9.17) is 14.6 Å². The predicted molar refractivity (Wildman–Crippen MR) is 115 cm³/mol. The van der Waals surface area contributed by atoms with E-state index in [0.29, 0.717) is 13.0 Å². The number of hydrogen-bond acceptors (Lipinski definition) is 8. The average Bonchev–Trinajstić information content (AvgIpc) is 3.01. The van der Waals surface area contributed by atoms with Crippen LogP contribution in [0.2, 0.25) is 0 Å². The Labute approximate surface area is 189 Å². The summed E-state index contributed by atoms with van der Waals surface area (Å²) in [5.74, 6) is -2.56. The molecule has 2 aromatic carbocycles. The number of hydrogen-bond donors (Lipinski definition) is 2. The van der Waals surface area contributed by atoms with E-state index in [1.165, 1.54) is 43.5 Å². The highest BCUT2D eigenvalue weighted by Crippen LogP contribution is 2.24. The van der Waals surface area contributed by atoms with E-state index in [0.717, 1.165) is 11.0 Å². The fourth-order valence-electron chi connectivity index (χ4n) is 3.15. The van der Waals surface area contributed by atoms with Gasteiger partial charge in [-0.2, -0.15) is 0 Å². The summed E-state index contributed by atoms with van der Waals surface area (Å²) in [6.45, 7) is -0.0856. The highest BCUT2D eigenvalue weighted by molar-refractivity contribution is 7.89. The van der Waals surface area contributed by atoms with E-state index in [1.54, 1.807) is 0 Å². The number of esters is 1. The summed E-state index contributed by atoms with van der Waals surface area (Å²) >= 11 is 0. The van der Waals surface area contributed by atoms with Crippen LogP contribution in [-0.2, 0) is 24.3 Å². The van der Waals surface area contributed by atoms with Gasteiger partial charge in [-0.15, -0.1) is 0 Å². The second-order valence-corrected chi connectivity index (χ2v) is 8.63. The largest absolute Gasteiger partial charge is 0.452 e. The lowest BCUT2D eigenvalue weighted by Crippen LogP contribution is -2.31. The van der Waals surface area contributed by atoms with Crippen LogP contribution < -0.4 is 10.5 Å². The van der Waals surface area contributed by atoms with E-state index in [2.05, 4.69) is 5.32 Å². The number of amides is 3. The van der Waals surface area contributed by atoms with Gasteiger partial charge in [0.2, 0.25) is 10.0 Å². The number of sulfonamides is 1. The zero-order chi connectivity index (χ0) is 24.2. The molecule has 0 spiro atoms. The molecular weight excluding hydrogens is 454 g/mol. The second kappa shape index (κ2) is 9.90. The van der Waals surface area contributed by atoms with Crippen LogP contribution in [0, 0.1) is 0 Å². The minimum atomic E-state index is -3.94. The minimum absolute atomic E-state index is 0.00216. The molecule has 0 atom stereocenters. The molecule has 11 nitrogen and oxygen atoms in total. The van der Waals surface area contributed by atoms with Gasteiger partial charge >= 0.3 is 5.97 Å². The van der Waals surface area contributed by atoms with Crippen molar-refractivity contribution in [2.75, 3.05) is 32.2 Å². The summed E-state index contributed by atoms with van der Waals surface area (Å²) in [6, 6.07) is 9.21. The van der Waals surface area contributed by atoms with Crippen molar-refractivity contribution in [3.8, 4) is 0 Å². The van der Waals surface area contributed by atoms with Crippen molar-refractivity contribution in [3.63, 3.8) is 0 Å². The summed E-state index contributed by atoms with van der Waals surface area (Å²) in [6.07, 6.45) is 0.478. The summed E-state index contributed by atoms with van der Waals surface area (Å²) in [4.78, 5) is 50.3. The zero-order valence-electron chi connectivity index (χ0n) is 17.6. The smallest absolute Gasteiger partial charge is 0.338 e. The van der Waals surface area contributed by atoms with Gasteiger partial charge in [-0.1, -0.05) is 6.07 Å². The Bertz CT molecular complexity index is 1230. The van der Waals surface area contributed by atoms with Crippen molar-refractivity contribution < 1.29 is 37.1 Å². The number of carbonyl (C=O) groups is 4. The Morgan fingerprint density at radius 2 is 1.79 bits per heavy atom. The van der Waals surface area contributed by atoms with Crippen LogP contribution in [0.4, 0.5) is 5.69 Å². The molecule has 0 saturated carbocycles. The van der Waals surface area contributed by atoms with E-state index >= 15 is 0 Å². The van der Waals surface area contributed by atoms with Crippen LogP contribution in [0.1, 0.15) is 37.5 Å². The molecular formula is C21H21N3O8S. The molecule has 0 aliphatic carbocycles. The van der Waals surface area contributed by atoms with Gasteiger partial charge in [-0.3, -0.25) is 19.3 Å². The molecule has 33 heavy (non-hydrogen) atoms. The Morgan fingerprint density at radius 1 is 1.06 bits per heavy atom. The minimum Gasteiger partial charge on any atom is -0.452 e. The van der Waals surface area contributed by atoms with E-state index < -0.39 is 40.3 Å². The summed E-state index contributed by atoms with van der Waals surface area (Å²) in [5.41, 5.74) is 0.410. The number of methoxy groups -OCH3 is 1. The van der Waals surface area contributed by atoms with Gasteiger partial charge in [-0.25, -0.2) is 18.4 Å². The van der Waals surface area contributed by atoms with E-state index in [9.17, 15) is 27.6 Å². The molecule has 2 aromatic rings. The van der Waals surface area contributed by atoms with Crippen LogP contribution in [-0.4, -0.2) is 63.9 Å². The summed E-state index contributed by atoms with van der Waals surface area (Å²) < 4.78 is 32.7. The number of benzene rings is 2. The first-order valence-corrected chi connectivity index (χ1v) is 11.3. The first-order chi connectivity index (χ1) is 15.6. The van der Waals surface area contributed by atoms with Gasteiger partial charge in [0.25, 0.3) is 17.7 Å². The van der Waals surface area contributed by atoms with Gasteiger partial charge in [0, 0.05) is 25.9 Å². The molecule has 0 saturated heterocycles. The lowest BCUT2D eigenvalue weighted by atomic mass is 10.1. The normalized spacial score (nSPS) is 13.1. The highest BCUT2D eigenvalue weighted by Gasteiger charge is 2.35. The quantitative estimate of drug-likeness (QED) is 0.305. The first-order valence-electron chi connectivity index (χ1n) is 9.71. The third-order valence-electron chi connectivity index (χ3n) is 4.72.